The maximum Gasteiger partial charge on any atom is 0.192 e. The van der Waals surface area contributed by atoms with E-state index < -0.39 is 0 Å². The lowest BCUT2D eigenvalue weighted by Gasteiger charge is -2.22. The number of hydrogen-bond donors (Lipinski definition) is 2. The highest BCUT2D eigenvalue weighted by atomic mass is 127. The molecule has 1 aliphatic rings. The largest absolute Gasteiger partial charge is 0.381 e. The third-order valence-corrected chi connectivity index (χ3v) is 5.42. The Balaban J connectivity index is 0.00000341. The van der Waals surface area contributed by atoms with Gasteiger partial charge in [-0.2, -0.15) is 0 Å². The Kier molecular flexibility index (Phi) is 11.3. The molecule has 5 nitrogen and oxygen atoms in total. The summed E-state index contributed by atoms with van der Waals surface area (Å²) in [5.74, 6) is 0.831. The number of benzene rings is 2. The molecule has 0 spiro atoms. The molecule has 2 aromatic rings. The molecule has 1 saturated heterocycles. The van der Waals surface area contributed by atoms with Gasteiger partial charge in [0.05, 0.1) is 25.3 Å². The Hall–Kier alpha value is -1.64. The summed E-state index contributed by atoms with van der Waals surface area (Å²) in [6.07, 6.45) is 2.29. The Morgan fingerprint density at radius 1 is 1.13 bits per heavy atom. The van der Waals surface area contributed by atoms with Gasteiger partial charge < -0.3 is 20.1 Å². The number of ether oxygens (including phenoxy) is 2. The van der Waals surface area contributed by atoms with Crippen molar-refractivity contribution in [2.45, 2.75) is 58.9 Å². The van der Waals surface area contributed by atoms with Crippen molar-refractivity contribution in [2.24, 2.45) is 4.99 Å². The zero-order valence-electron chi connectivity index (χ0n) is 18.9. The lowest BCUT2D eigenvalue weighted by Crippen LogP contribution is -2.38. The van der Waals surface area contributed by atoms with E-state index in [2.05, 4.69) is 79.9 Å². The van der Waals surface area contributed by atoms with Crippen molar-refractivity contribution in [2.75, 3.05) is 19.8 Å². The predicted octanol–water partition coefficient (Wildman–Crippen LogP) is 5.12. The Labute approximate surface area is 204 Å². The molecule has 6 heteroatoms. The number of nitrogens with one attached hydrogen (secondary N) is 2. The van der Waals surface area contributed by atoms with E-state index in [1.165, 1.54) is 22.3 Å². The van der Waals surface area contributed by atoms with Crippen LogP contribution < -0.4 is 10.6 Å². The highest BCUT2D eigenvalue weighted by Crippen LogP contribution is 2.17. The second kappa shape index (κ2) is 13.7. The minimum absolute atomic E-state index is 0. The van der Waals surface area contributed by atoms with E-state index >= 15 is 0 Å². The molecule has 0 aromatic heterocycles. The van der Waals surface area contributed by atoms with E-state index in [1.807, 2.05) is 0 Å². The molecule has 1 atom stereocenters. The maximum atomic E-state index is 6.06. The third kappa shape index (κ3) is 8.43. The summed E-state index contributed by atoms with van der Waals surface area (Å²) in [6.45, 7) is 10.1. The minimum atomic E-state index is 0. The van der Waals surface area contributed by atoms with Crippen LogP contribution in [0.3, 0.4) is 0 Å². The van der Waals surface area contributed by atoms with Crippen molar-refractivity contribution in [1.82, 2.24) is 10.6 Å². The SMILES string of the molecule is CCNC(=NCc1cccc(COC2CCOCC2)c1)NC(C)c1ccccc1C.I. The average Bonchev–Trinajstić information content (AvgIpc) is 2.77. The van der Waals surface area contributed by atoms with Crippen molar-refractivity contribution in [1.29, 1.82) is 0 Å². The fourth-order valence-corrected chi connectivity index (χ4v) is 3.72. The summed E-state index contributed by atoms with van der Waals surface area (Å²) in [6, 6.07) is 17.2. The summed E-state index contributed by atoms with van der Waals surface area (Å²) >= 11 is 0. The fraction of sp³-hybridized carbons (Fsp3) is 0.480. The summed E-state index contributed by atoms with van der Waals surface area (Å²) in [5, 5.41) is 6.89. The van der Waals surface area contributed by atoms with Crippen LogP contribution >= 0.6 is 24.0 Å². The van der Waals surface area contributed by atoms with Gasteiger partial charge in [-0.15, -0.1) is 24.0 Å². The van der Waals surface area contributed by atoms with Crippen LogP contribution in [0.4, 0.5) is 0 Å². The second-order valence-corrected chi connectivity index (χ2v) is 7.86. The van der Waals surface area contributed by atoms with Crippen molar-refractivity contribution < 1.29 is 9.47 Å². The number of halogens is 1. The van der Waals surface area contributed by atoms with Crippen molar-refractivity contribution in [3.63, 3.8) is 0 Å². The third-order valence-electron chi connectivity index (χ3n) is 5.42. The summed E-state index contributed by atoms with van der Waals surface area (Å²) in [4.78, 5) is 4.81. The van der Waals surface area contributed by atoms with Gasteiger partial charge in [-0.3, -0.25) is 0 Å². The second-order valence-electron chi connectivity index (χ2n) is 7.86. The zero-order valence-corrected chi connectivity index (χ0v) is 21.2. The van der Waals surface area contributed by atoms with Gasteiger partial charge in [0.2, 0.25) is 0 Å². The highest BCUT2D eigenvalue weighted by Gasteiger charge is 2.14. The summed E-state index contributed by atoms with van der Waals surface area (Å²) < 4.78 is 11.5. The molecule has 1 fully saturated rings. The first-order chi connectivity index (χ1) is 14.7. The van der Waals surface area contributed by atoms with E-state index in [9.17, 15) is 0 Å². The van der Waals surface area contributed by atoms with E-state index in [4.69, 9.17) is 14.5 Å². The predicted molar refractivity (Wildman–Crippen MR) is 138 cm³/mol. The van der Waals surface area contributed by atoms with Crippen molar-refractivity contribution >= 4 is 29.9 Å². The van der Waals surface area contributed by atoms with E-state index in [0.29, 0.717) is 19.3 Å². The van der Waals surface area contributed by atoms with Gasteiger partial charge in [-0.25, -0.2) is 4.99 Å². The first-order valence-electron chi connectivity index (χ1n) is 11.0. The molecule has 2 N–H and O–H groups in total. The molecule has 0 radical (unpaired) electrons. The van der Waals surface area contributed by atoms with Crippen LogP contribution in [0.5, 0.6) is 0 Å². The minimum Gasteiger partial charge on any atom is -0.381 e. The Morgan fingerprint density at radius 3 is 2.61 bits per heavy atom. The molecular weight excluding hydrogens is 501 g/mol. The Morgan fingerprint density at radius 2 is 1.87 bits per heavy atom. The molecule has 1 heterocycles. The standard InChI is InChI=1S/C25H35N3O2.HI/c1-4-26-25(28-20(3)24-11-6-5-8-19(24)2)27-17-21-9-7-10-22(16-21)18-30-23-12-14-29-15-13-23;/h5-11,16,20,23H,4,12-15,17-18H2,1-3H3,(H2,26,27,28);1H. The molecule has 1 aliphatic heterocycles. The number of guanidine groups is 1. The number of hydrogen-bond acceptors (Lipinski definition) is 3. The first kappa shape index (κ1) is 25.6. The lowest BCUT2D eigenvalue weighted by atomic mass is 10.0. The fourth-order valence-electron chi connectivity index (χ4n) is 3.72. The number of aliphatic imine (C=N–C) groups is 1. The molecule has 0 saturated carbocycles. The van der Waals surface area contributed by atoms with Gasteiger partial charge in [0, 0.05) is 19.8 Å². The lowest BCUT2D eigenvalue weighted by molar-refractivity contribution is -0.0390. The summed E-state index contributed by atoms with van der Waals surface area (Å²) in [7, 11) is 0. The molecule has 0 bridgehead atoms. The highest BCUT2D eigenvalue weighted by molar-refractivity contribution is 14.0. The first-order valence-corrected chi connectivity index (χ1v) is 11.0. The van der Waals surface area contributed by atoms with Crippen LogP contribution in [-0.4, -0.2) is 31.8 Å². The molecule has 170 valence electrons. The summed E-state index contributed by atoms with van der Waals surface area (Å²) in [5.41, 5.74) is 4.95. The normalized spacial score (nSPS) is 15.8. The van der Waals surface area contributed by atoms with Crippen molar-refractivity contribution in [3.8, 4) is 0 Å². The Bertz CT molecular complexity index is 822. The van der Waals surface area contributed by atoms with Crippen LogP contribution in [0, 0.1) is 6.92 Å². The van der Waals surface area contributed by atoms with Crippen LogP contribution in [-0.2, 0) is 22.6 Å². The van der Waals surface area contributed by atoms with Crippen LogP contribution in [0.25, 0.3) is 0 Å². The zero-order chi connectivity index (χ0) is 21.2. The maximum absolute atomic E-state index is 6.06. The average molecular weight is 537 g/mol. The molecule has 1 unspecified atom stereocenters. The van der Waals surface area contributed by atoms with Gasteiger partial charge in [0.1, 0.15) is 0 Å². The van der Waals surface area contributed by atoms with E-state index in [0.717, 1.165) is 38.6 Å². The smallest absolute Gasteiger partial charge is 0.192 e. The van der Waals surface area contributed by atoms with E-state index in [1.54, 1.807) is 0 Å². The van der Waals surface area contributed by atoms with Gasteiger partial charge in [0.15, 0.2) is 5.96 Å². The van der Waals surface area contributed by atoms with Gasteiger partial charge in [-0.05, 0) is 55.9 Å². The van der Waals surface area contributed by atoms with Gasteiger partial charge in [0.25, 0.3) is 0 Å². The van der Waals surface area contributed by atoms with Gasteiger partial charge in [-0.1, -0.05) is 48.5 Å². The van der Waals surface area contributed by atoms with E-state index in [-0.39, 0.29) is 30.0 Å². The number of nitrogens with zero attached hydrogens (tertiary/aromatic N) is 1. The quantitative estimate of drug-likeness (QED) is 0.279. The molecule has 0 aliphatic carbocycles. The number of aryl methyl sites for hydroxylation is 1. The monoisotopic (exact) mass is 537 g/mol. The molecule has 2 aromatic carbocycles. The van der Waals surface area contributed by atoms with Crippen LogP contribution in [0.15, 0.2) is 53.5 Å². The van der Waals surface area contributed by atoms with Crippen LogP contribution in [0.2, 0.25) is 0 Å². The van der Waals surface area contributed by atoms with Gasteiger partial charge >= 0.3 is 0 Å². The molecule has 0 amide bonds. The molecular formula is C25H36IN3O2. The van der Waals surface area contributed by atoms with Crippen molar-refractivity contribution in [3.05, 3.63) is 70.8 Å². The van der Waals surface area contributed by atoms with Crippen LogP contribution in [0.1, 0.15) is 55.0 Å². The topological polar surface area (TPSA) is 54.9 Å². The molecule has 31 heavy (non-hydrogen) atoms. The molecule has 3 rings (SSSR count). The number of rotatable bonds is 8.